The van der Waals surface area contributed by atoms with Crippen LogP contribution in [-0.2, 0) is 4.79 Å². The van der Waals surface area contributed by atoms with Crippen LogP contribution in [0.2, 0.25) is 0 Å². The van der Waals surface area contributed by atoms with Crippen LogP contribution in [0.4, 0.5) is 13.2 Å². The molecular weight excluding hydrogens is 152 g/mol. The van der Waals surface area contributed by atoms with Gasteiger partial charge in [0.2, 0.25) is 0 Å². The average Bonchev–Trinajstić information content (AvgIpc) is 1.31. The molecule has 0 aliphatic carbocycles. The topological polar surface area (TPSA) is 37.3 Å². The first-order valence-corrected chi connectivity index (χ1v) is 1.24. The van der Waals surface area contributed by atoms with Crippen LogP contribution < -0.4 is 0 Å². The molecule has 0 aromatic rings. The maximum Gasteiger partial charge on any atom is 0.490 e. The van der Waals surface area contributed by atoms with Crippen LogP contribution in [0.15, 0.2) is 0 Å². The van der Waals surface area contributed by atoms with Crippen LogP contribution in [0.25, 0.3) is 0 Å². The van der Waals surface area contributed by atoms with Crippen molar-refractivity contribution in [3.63, 3.8) is 0 Å². The van der Waals surface area contributed by atoms with Crippen LogP contribution >= 0.6 is 0 Å². The number of hydrogen-bond acceptors (Lipinski definition) is 1. The molecule has 0 atom stereocenters. The Morgan fingerprint density at radius 1 is 1.38 bits per heavy atom. The molecular formula is C2HF3KO2. The number of carboxylic acid groups (broad SMARTS) is 1. The molecule has 0 aromatic carbocycles. The minimum Gasteiger partial charge on any atom is -0.475 e. The van der Waals surface area contributed by atoms with E-state index in [2.05, 4.69) is 0 Å². The second-order valence-corrected chi connectivity index (χ2v) is 0.803. The number of carboxylic acids is 1. The number of alkyl halides is 3. The molecule has 8 heavy (non-hydrogen) atoms. The summed E-state index contributed by atoms with van der Waals surface area (Å²) in [4.78, 5) is 8.90. The van der Waals surface area contributed by atoms with E-state index in [-0.39, 0.29) is 51.4 Å². The summed E-state index contributed by atoms with van der Waals surface area (Å²) in [6.45, 7) is 0. The van der Waals surface area contributed by atoms with Gasteiger partial charge in [0, 0.05) is 51.4 Å². The summed E-state index contributed by atoms with van der Waals surface area (Å²) in [5.74, 6) is -2.76. The minimum atomic E-state index is -5.08. The first-order chi connectivity index (χ1) is 2.94. The predicted octanol–water partition coefficient (Wildman–Crippen LogP) is 0.253. The zero-order chi connectivity index (χ0) is 6.08. The zero-order valence-electron chi connectivity index (χ0n) is 3.99. The van der Waals surface area contributed by atoms with E-state index >= 15 is 0 Å². The molecule has 0 saturated heterocycles. The van der Waals surface area contributed by atoms with E-state index in [1.54, 1.807) is 0 Å². The number of aliphatic carboxylic acids is 1. The van der Waals surface area contributed by atoms with Crippen molar-refractivity contribution in [2.45, 2.75) is 6.18 Å². The van der Waals surface area contributed by atoms with E-state index in [9.17, 15) is 13.2 Å². The monoisotopic (exact) mass is 153 g/mol. The number of carbonyl (C=O) groups is 1. The molecule has 0 heterocycles. The Kier molecular flexibility index (Phi) is 5.59. The average molecular weight is 153 g/mol. The van der Waals surface area contributed by atoms with Gasteiger partial charge in [0.15, 0.2) is 0 Å². The molecule has 6 heteroatoms. The Bertz CT molecular complexity index is 87.8. The van der Waals surface area contributed by atoms with Gasteiger partial charge in [-0.1, -0.05) is 0 Å². The van der Waals surface area contributed by atoms with Crippen LogP contribution in [0, 0.1) is 0 Å². The van der Waals surface area contributed by atoms with Gasteiger partial charge in [-0.2, -0.15) is 13.2 Å². The molecule has 1 N–H and O–H groups in total. The van der Waals surface area contributed by atoms with E-state index in [0.29, 0.717) is 0 Å². The van der Waals surface area contributed by atoms with Gasteiger partial charge in [-0.05, 0) is 0 Å². The summed E-state index contributed by atoms with van der Waals surface area (Å²) in [5.41, 5.74) is 0. The van der Waals surface area contributed by atoms with Crippen molar-refractivity contribution < 1.29 is 23.1 Å². The molecule has 0 unspecified atom stereocenters. The summed E-state index contributed by atoms with van der Waals surface area (Å²) in [6, 6.07) is 0. The quantitative estimate of drug-likeness (QED) is 0.506. The second-order valence-electron chi connectivity index (χ2n) is 0.803. The van der Waals surface area contributed by atoms with E-state index in [1.807, 2.05) is 0 Å². The predicted molar refractivity (Wildman–Crippen MR) is 19.4 cm³/mol. The number of hydrogen-bond donors (Lipinski definition) is 1. The van der Waals surface area contributed by atoms with Crippen molar-refractivity contribution in [2.75, 3.05) is 0 Å². The third-order valence-electron chi connectivity index (χ3n) is 0.243. The summed E-state index contributed by atoms with van der Waals surface area (Å²) in [6.07, 6.45) is -5.08. The van der Waals surface area contributed by atoms with Crippen molar-refractivity contribution in [1.29, 1.82) is 0 Å². The van der Waals surface area contributed by atoms with Crippen molar-refractivity contribution in [1.82, 2.24) is 0 Å². The molecule has 0 spiro atoms. The fourth-order valence-electron chi connectivity index (χ4n) is 0. The molecule has 0 amide bonds. The summed E-state index contributed by atoms with van der Waals surface area (Å²) in [5, 5.41) is 7.12. The van der Waals surface area contributed by atoms with Crippen LogP contribution in [0.1, 0.15) is 0 Å². The Balaban J connectivity index is 0. The first kappa shape index (κ1) is 11.7. The molecule has 0 rings (SSSR count). The van der Waals surface area contributed by atoms with Gasteiger partial charge in [0.05, 0.1) is 0 Å². The Labute approximate surface area is 85.5 Å². The SMILES string of the molecule is O=C(O)C(F)(F)F.[K]. The zero-order valence-corrected chi connectivity index (χ0v) is 7.11. The van der Waals surface area contributed by atoms with Gasteiger partial charge in [0.25, 0.3) is 0 Å². The standard InChI is InChI=1S/C2HF3O2.K/c3-2(4,5)1(6)7;/h(H,6,7);. The second kappa shape index (κ2) is 3.83. The van der Waals surface area contributed by atoms with Crippen LogP contribution in [0.5, 0.6) is 0 Å². The third-order valence-corrected chi connectivity index (χ3v) is 0.243. The molecule has 0 aliphatic rings. The van der Waals surface area contributed by atoms with Crippen molar-refractivity contribution >= 4 is 57.4 Å². The Morgan fingerprint density at radius 2 is 1.50 bits per heavy atom. The molecule has 0 aliphatic heterocycles. The van der Waals surface area contributed by atoms with Gasteiger partial charge in [0.1, 0.15) is 0 Å². The van der Waals surface area contributed by atoms with E-state index in [0.717, 1.165) is 0 Å². The molecule has 0 fully saturated rings. The smallest absolute Gasteiger partial charge is 0.475 e. The molecule has 0 aromatic heterocycles. The summed E-state index contributed by atoms with van der Waals surface area (Å²) < 4.78 is 31.7. The Hall–Kier alpha value is 0.896. The van der Waals surface area contributed by atoms with Crippen molar-refractivity contribution in [3.8, 4) is 0 Å². The maximum atomic E-state index is 10.6. The van der Waals surface area contributed by atoms with Gasteiger partial charge in [-0.15, -0.1) is 0 Å². The largest absolute Gasteiger partial charge is 0.490 e. The van der Waals surface area contributed by atoms with E-state index < -0.39 is 12.1 Å². The van der Waals surface area contributed by atoms with Gasteiger partial charge in [-0.25, -0.2) is 4.79 Å². The first-order valence-electron chi connectivity index (χ1n) is 1.24. The fraction of sp³-hybridized carbons (Fsp3) is 0.500. The fourth-order valence-corrected chi connectivity index (χ4v) is 0. The number of rotatable bonds is 0. The molecule has 0 saturated carbocycles. The molecule has 2 nitrogen and oxygen atoms in total. The minimum absolute atomic E-state index is 0. The summed E-state index contributed by atoms with van der Waals surface area (Å²) >= 11 is 0. The molecule has 43 valence electrons. The van der Waals surface area contributed by atoms with Crippen molar-refractivity contribution in [3.05, 3.63) is 0 Å². The van der Waals surface area contributed by atoms with Gasteiger partial charge >= 0.3 is 12.1 Å². The number of halogens is 3. The van der Waals surface area contributed by atoms with Gasteiger partial charge < -0.3 is 5.11 Å². The molecule has 0 bridgehead atoms. The van der Waals surface area contributed by atoms with Crippen molar-refractivity contribution in [2.24, 2.45) is 0 Å². The van der Waals surface area contributed by atoms with Gasteiger partial charge in [-0.3, -0.25) is 0 Å². The molecule has 1 radical (unpaired) electrons. The van der Waals surface area contributed by atoms with E-state index in [4.69, 9.17) is 9.90 Å². The third kappa shape index (κ3) is 5.04. The normalized spacial score (nSPS) is 9.88. The summed E-state index contributed by atoms with van der Waals surface area (Å²) in [7, 11) is 0. The van der Waals surface area contributed by atoms with Crippen LogP contribution in [-0.4, -0.2) is 68.6 Å². The maximum absolute atomic E-state index is 10.6. The van der Waals surface area contributed by atoms with Crippen LogP contribution in [0.3, 0.4) is 0 Å². The Morgan fingerprint density at radius 3 is 1.50 bits per heavy atom. The van der Waals surface area contributed by atoms with E-state index in [1.165, 1.54) is 0 Å².